The molecule has 0 unspecified atom stereocenters. The molecule has 4 nitrogen and oxygen atoms in total. The number of aryl methyl sites for hydroxylation is 1. The molecule has 1 saturated heterocycles. The predicted octanol–water partition coefficient (Wildman–Crippen LogP) is 3.46. The van der Waals surface area contributed by atoms with E-state index >= 15 is 0 Å². The lowest BCUT2D eigenvalue weighted by atomic mass is 10.1. The van der Waals surface area contributed by atoms with Gasteiger partial charge in [-0.3, -0.25) is 9.59 Å². The molecule has 0 saturated carbocycles. The molecule has 0 bridgehead atoms. The lowest BCUT2D eigenvalue weighted by Crippen LogP contribution is -2.42. The number of benzene rings is 1. The van der Waals surface area contributed by atoms with Crippen LogP contribution in [0.4, 0.5) is 0 Å². The van der Waals surface area contributed by atoms with Crippen molar-refractivity contribution >= 4 is 23.6 Å². The summed E-state index contributed by atoms with van der Waals surface area (Å²) in [5, 5.41) is 0.00615. The van der Waals surface area contributed by atoms with Gasteiger partial charge in [-0.1, -0.05) is 43.7 Å². The highest BCUT2D eigenvalue weighted by molar-refractivity contribution is 8.01. The summed E-state index contributed by atoms with van der Waals surface area (Å²) in [4.78, 5) is 28.6. The summed E-state index contributed by atoms with van der Waals surface area (Å²) in [6.07, 6.45) is 0. The molecule has 24 heavy (non-hydrogen) atoms. The minimum atomic E-state index is -0.0358. The lowest BCUT2D eigenvalue weighted by Gasteiger charge is -2.29. The fourth-order valence-corrected chi connectivity index (χ4v) is 4.30. The number of likely N-dealkylation sites (N-methyl/N-ethyl adjacent to an activating group) is 1. The smallest absolute Gasteiger partial charge is 0.236 e. The third kappa shape index (κ3) is 4.12. The maximum atomic E-state index is 12.6. The fourth-order valence-electron chi connectivity index (χ4n) is 3.00. The summed E-state index contributed by atoms with van der Waals surface area (Å²) in [6, 6.07) is 8.34. The van der Waals surface area contributed by atoms with Gasteiger partial charge >= 0.3 is 0 Å². The standard InChI is InChI=1S/C19H28N2O2S/c1-6-20(17(22)13(2)3)10-11-21-18(23)15(5)24-19(21)16-9-7-8-14(4)12-16/h7-9,12-13,15,19H,6,10-11H2,1-5H3/t15-,19-/m1/s1. The largest absolute Gasteiger partial charge is 0.341 e. The molecule has 0 spiro atoms. The van der Waals surface area contributed by atoms with Crippen molar-refractivity contribution < 1.29 is 9.59 Å². The Labute approximate surface area is 149 Å². The van der Waals surface area contributed by atoms with E-state index in [0.29, 0.717) is 19.6 Å². The second-order valence-electron chi connectivity index (χ2n) is 6.65. The first kappa shape index (κ1) is 18.8. The molecule has 132 valence electrons. The van der Waals surface area contributed by atoms with Gasteiger partial charge < -0.3 is 9.80 Å². The number of hydrogen-bond acceptors (Lipinski definition) is 3. The Hall–Kier alpha value is -1.49. The summed E-state index contributed by atoms with van der Waals surface area (Å²) in [7, 11) is 0. The first-order chi connectivity index (χ1) is 11.3. The van der Waals surface area contributed by atoms with Crippen LogP contribution in [0, 0.1) is 12.8 Å². The van der Waals surface area contributed by atoms with Crippen LogP contribution >= 0.6 is 11.8 Å². The van der Waals surface area contributed by atoms with E-state index in [-0.39, 0.29) is 28.4 Å². The number of nitrogens with zero attached hydrogens (tertiary/aromatic N) is 2. The highest BCUT2D eigenvalue weighted by atomic mass is 32.2. The quantitative estimate of drug-likeness (QED) is 0.790. The van der Waals surface area contributed by atoms with Crippen LogP contribution in [0.1, 0.15) is 44.2 Å². The van der Waals surface area contributed by atoms with Gasteiger partial charge in [0, 0.05) is 25.6 Å². The monoisotopic (exact) mass is 348 g/mol. The van der Waals surface area contributed by atoms with Gasteiger partial charge in [-0.25, -0.2) is 0 Å². The van der Waals surface area contributed by atoms with Crippen molar-refractivity contribution in [2.45, 2.75) is 45.2 Å². The molecule has 5 heteroatoms. The summed E-state index contributed by atoms with van der Waals surface area (Å²) in [5.41, 5.74) is 2.36. The molecular weight excluding hydrogens is 320 g/mol. The molecule has 0 N–H and O–H groups in total. The highest BCUT2D eigenvalue weighted by Crippen LogP contribution is 2.42. The van der Waals surface area contributed by atoms with Gasteiger partial charge in [-0.15, -0.1) is 11.8 Å². The predicted molar refractivity (Wildman–Crippen MR) is 99.8 cm³/mol. The van der Waals surface area contributed by atoms with Gasteiger partial charge in [-0.2, -0.15) is 0 Å². The first-order valence-corrected chi connectivity index (χ1v) is 9.60. The van der Waals surface area contributed by atoms with Gasteiger partial charge in [-0.05, 0) is 26.3 Å². The molecule has 1 aliphatic heterocycles. The van der Waals surface area contributed by atoms with E-state index in [9.17, 15) is 9.59 Å². The molecule has 1 aromatic rings. The van der Waals surface area contributed by atoms with Gasteiger partial charge in [0.25, 0.3) is 0 Å². The zero-order valence-corrected chi connectivity index (χ0v) is 16.1. The topological polar surface area (TPSA) is 40.6 Å². The van der Waals surface area contributed by atoms with Crippen LogP contribution in [-0.2, 0) is 9.59 Å². The van der Waals surface area contributed by atoms with Crippen molar-refractivity contribution in [3.05, 3.63) is 35.4 Å². The zero-order chi connectivity index (χ0) is 17.9. The highest BCUT2D eigenvalue weighted by Gasteiger charge is 2.38. The molecule has 0 aliphatic carbocycles. The van der Waals surface area contributed by atoms with Gasteiger partial charge in [0.15, 0.2) is 0 Å². The number of carbonyl (C=O) groups excluding carboxylic acids is 2. The fraction of sp³-hybridized carbons (Fsp3) is 0.579. The molecular formula is C19H28N2O2S. The summed E-state index contributed by atoms with van der Waals surface area (Å²) < 4.78 is 0. The van der Waals surface area contributed by atoms with E-state index < -0.39 is 0 Å². The minimum absolute atomic E-state index is 0.0138. The van der Waals surface area contributed by atoms with Crippen molar-refractivity contribution in [1.82, 2.24) is 9.80 Å². The summed E-state index contributed by atoms with van der Waals surface area (Å²) in [6.45, 7) is 11.7. The maximum Gasteiger partial charge on any atom is 0.236 e. The van der Waals surface area contributed by atoms with Crippen LogP contribution in [0.25, 0.3) is 0 Å². The van der Waals surface area contributed by atoms with Crippen molar-refractivity contribution in [2.24, 2.45) is 5.92 Å². The molecule has 1 heterocycles. The normalized spacial score (nSPS) is 20.8. The van der Waals surface area contributed by atoms with Crippen molar-refractivity contribution in [2.75, 3.05) is 19.6 Å². The van der Waals surface area contributed by atoms with E-state index in [4.69, 9.17) is 0 Å². The average Bonchev–Trinajstić information content (AvgIpc) is 2.83. The number of rotatable bonds is 6. The molecule has 1 aliphatic rings. The van der Waals surface area contributed by atoms with E-state index in [1.54, 1.807) is 11.8 Å². The van der Waals surface area contributed by atoms with Crippen molar-refractivity contribution in [3.63, 3.8) is 0 Å². The van der Waals surface area contributed by atoms with Crippen LogP contribution in [0.5, 0.6) is 0 Å². The lowest BCUT2D eigenvalue weighted by molar-refractivity contribution is -0.136. The first-order valence-electron chi connectivity index (χ1n) is 8.66. The molecule has 0 aromatic heterocycles. The van der Waals surface area contributed by atoms with Crippen molar-refractivity contribution in [1.29, 1.82) is 0 Å². The van der Waals surface area contributed by atoms with Gasteiger partial charge in [0.1, 0.15) is 5.37 Å². The number of amides is 2. The molecule has 2 atom stereocenters. The molecule has 0 radical (unpaired) electrons. The van der Waals surface area contributed by atoms with Crippen LogP contribution in [0.3, 0.4) is 0 Å². The number of hydrogen-bond donors (Lipinski definition) is 0. The maximum absolute atomic E-state index is 12.6. The van der Waals surface area contributed by atoms with Crippen LogP contribution in [-0.4, -0.2) is 46.5 Å². The zero-order valence-electron chi connectivity index (χ0n) is 15.3. The third-order valence-corrected chi connectivity index (χ3v) is 5.77. The Morgan fingerprint density at radius 2 is 2.08 bits per heavy atom. The number of carbonyl (C=O) groups is 2. The Kier molecular flexibility index (Phi) is 6.33. The van der Waals surface area contributed by atoms with Crippen molar-refractivity contribution in [3.8, 4) is 0 Å². The SMILES string of the molecule is CCN(CCN1C(=O)[C@@H](C)S[C@@H]1c1cccc(C)c1)C(=O)C(C)C. The third-order valence-electron chi connectivity index (χ3n) is 4.37. The van der Waals surface area contributed by atoms with E-state index in [2.05, 4.69) is 25.1 Å². The van der Waals surface area contributed by atoms with E-state index in [1.807, 2.05) is 43.6 Å². The van der Waals surface area contributed by atoms with Crippen LogP contribution in [0.15, 0.2) is 24.3 Å². The molecule has 1 aromatic carbocycles. The minimum Gasteiger partial charge on any atom is -0.341 e. The van der Waals surface area contributed by atoms with Gasteiger partial charge in [0.05, 0.1) is 5.25 Å². The Morgan fingerprint density at radius 1 is 1.38 bits per heavy atom. The number of thioether (sulfide) groups is 1. The second-order valence-corrected chi connectivity index (χ2v) is 8.07. The second kappa shape index (κ2) is 8.06. The van der Waals surface area contributed by atoms with E-state index in [0.717, 1.165) is 5.56 Å². The van der Waals surface area contributed by atoms with E-state index in [1.165, 1.54) is 5.56 Å². The Balaban J connectivity index is 2.13. The van der Waals surface area contributed by atoms with Crippen LogP contribution in [0.2, 0.25) is 0 Å². The Morgan fingerprint density at radius 3 is 2.67 bits per heavy atom. The summed E-state index contributed by atoms with van der Waals surface area (Å²) >= 11 is 1.69. The molecule has 2 amide bonds. The van der Waals surface area contributed by atoms with Crippen LogP contribution < -0.4 is 0 Å². The molecule has 1 fully saturated rings. The molecule has 2 rings (SSSR count). The average molecular weight is 349 g/mol. The summed E-state index contributed by atoms with van der Waals surface area (Å²) in [5.74, 6) is 0.302. The van der Waals surface area contributed by atoms with Gasteiger partial charge in [0.2, 0.25) is 11.8 Å². The Bertz CT molecular complexity index is 603.